The lowest BCUT2D eigenvalue weighted by atomic mass is 10.1. The van der Waals surface area contributed by atoms with Gasteiger partial charge in [0, 0.05) is 13.1 Å². The van der Waals surface area contributed by atoms with Crippen molar-refractivity contribution in [3.8, 4) is 5.75 Å². The molecule has 19 heavy (non-hydrogen) atoms. The minimum atomic E-state index is 0.288. The van der Waals surface area contributed by atoms with Gasteiger partial charge in [-0.1, -0.05) is 36.4 Å². The van der Waals surface area contributed by atoms with Crippen molar-refractivity contribution in [2.45, 2.75) is 13.0 Å². The van der Waals surface area contributed by atoms with Crippen molar-refractivity contribution >= 4 is 15.9 Å². The van der Waals surface area contributed by atoms with Crippen molar-refractivity contribution in [1.29, 1.82) is 0 Å². The van der Waals surface area contributed by atoms with Crippen molar-refractivity contribution in [3.63, 3.8) is 0 Å². The molecular formula is C16H18BrNO. The summed E-state index contributed by atoms with van der Waals surface area (Å²) >= 11 is 3.34. The van der Waals surface area contributed by atoms with Gasteiger partial charge in [-0.05, 0) is 52.7 Å². The third-order valence-electron chi connectivity index (χ3n) is 3.09. The van der Waals surface area contributed by atoms with Gasteiger partial charge >= 0.3 is 0 Å². The second kappa shape index (κ2) is 6.73. The van der Waals surface area contributed by atoms with Gasteiger partial charge in [-0.25, -0.2) is 0 Å². The van der Waals surface area contributed by atoms with Gasteiger partial charge in [0.05, 0.1) is 4.47 Å². The number of phenols is 1. The SMILES string of the molecule is CN(CCc1ccccc1)Cc1ccc(O)c(Br)c1. The first-order chi connectivity index (χ1) is 9.15. The number of benzene rings is 2. The summed E-state index contributed by atoms with van der Waals surface area (Å²) in [6.07, 6.45) is 1.05. The molecule has 0 radical (unpaired) electrons. The molecule has 2 rings (SSSR count). The highest BCUT2D eigenvalue weighted by molar-refractivity contribution is 9.10. The van der Waals surface area contributed by atoms with Crippen LogP contribution in [-0.4, -0.2) is 23.6 Å². The molecule has 0 fully saturated rings. The summed E-state index contributed by atoms with van der Waals surface area (Å²) in [6, 6.07) is 16.2. The Labute approximate surface area is 122 Å². The Morgan fingerprint density at radius 1 is 1.05 bits per heavy atom. The lowest BCUT2D eigenvalue weighted by Gasteiger charge is -2.17. The molecule has 0 aliphatic rings. The van der Waals surface area contributed by atoms with E-state index in [1.54, 1.807) is 6.07 Å². The van der Waals surface area contributed by atoms with E-state index in [2.05, 4.69) is 52.1 Å². The molecule has 0 aliphatic heterocycles. The average Bonchev–Trinajstić information content (AvgIpc) is 2.42. The lowest BCUT2D eigenvalue weighted by Crippen LogP contribution is -2.20. The molecule has 1 N–H and O–H groups in total. The first kappa shape index (κ1) is 14.1. The van der Waals surface area contributed by atoms with Crippen molar-refractivity contribution in [3.05, 3.63) is 64.1 Å². The predicted molar refractivity (Wildman–Crippen MR) is 82.3 cm³/mol. The second-order valence-corrected chi connectivity index (χ2v) is 5.61. The maximum Gasteiger partial charge on any atom is 0.129 e. The van der Waals surface area contributed by atoms with Crippen LogP contribution in [0.3, 0.4) is 0 Å². The van der Waals surface area contributed by atoms with Gasteiger partial charge in [0.15, 0.2) is 0 Å². The maximum absolute atomic E-state index is 9.47. The van der Waals surface area contributed by atoms with Crippen molar-refractivity contribution in [2.75, 3.05) is 13.6 Å². The number of aromatic hydroxyl groups is 1. The molecule has 0 unspecified atom stereocenters. The molecule has 100 valence electrons. The van der Waals surface area contributed by atoms with E-state index in [0.29, 0.717) is 0 Å². The first-order valence-electron chi connectivity index (χ1n) is 6.35. The van der Waals surface area contributed by atoms with E-state index >= 15 is 0 Å². The number of hydrogen-bond donors (Lipinski definition) is 1. The van der Waals surface area contributed by atoms with Gasteiger partial charge < -0.3 is 10.0 Å². The Morgan fingerprint density at radius 3 is 2.47 bits per heavy atom. The number of hydrogen-bond acceptors (Lipinski definition) is 2. The molecule has 0 atom stereocenters. The van der Waals surface area contributed by atoms with Crippen LogP contribution in [0.5, 0.6) is 5.75 Å². The molecule has 3 heteroatoms. The highest BCUT2D eigenvalue weighted by Crippen LogP contribution is 2.24. The van der Waals surface area contributed by atoms with Crippen LogP contribution in [-0.2, 0) is 13.0 Å². The first-order valence-corrected chi connectivity index (χ1v) is 7.14. The summed E-state index contributed by atoms with van der Waals surface area (Å²) in [4.78, 5) is 2.28. The Morgan fingerprint density at radius 2 is 1.79 bits per heavy atom. The molecular weight excluding hydrogens is 302 g/mol. The van der Waals surface area contributed by atoms with E-state index in [0.717, 1.165) is 24.0 Å². The van der Waals surface area contributed by atoms with Gasteiger partial charge in [-0.2, -0.15) is 0 Å². The minimum Gasteiger partial charge on any atom is -0.507 e. The van der Waals surface area contributed by atoms with Crippen molar-refractivity contribution in [2.24, 2.45) is 0 Å². The van der Waals surface area contributed by atoms with E-state index in [1.807, 2.05) is 18.2 Å². The molecule has 0 heterocycles. The highest BCUT2D eigenvalue weighted by atomic mass is 79.9. The van der Waals surface area contributed by atoms with Gasteiger partial charge in [0.2, 0.25) is 0 Å². The van der Waals surface area contributed by atoms with Crippen molar-refractivity contribution in [1.82, 2.24) is 4.90 Å². The largest absolute Gasteiger partial charge is 0.507 e. The standard InChI is InChI=1S/C16H18BrNO/c1-18(10-9-13-5-3-2-4-6-13)12-14-7-8-16(19)15(17)11-14/h2-8,11,19H,9-10,12H2,1H3. The predicted octanol–water partition coefficient (Wildman–Crippen LogP) is 3.83. The Bertz CT molecular complexity index is 528. The van der Waals surface area contributed by atoms with E-state index in [1.165, 1.54) is 11.1 Å². The zero-order valence-electron chi connectivity index (χ0n) is 11.0. The maximum atomic E-state index is 9.47. The molecule has 0 amide bonds. The number of phenolic OH excluding ortho intramolecular Hbond substituents is 1. The molecule has 0 aliphatic carbocycles. The molecule has 0 saturated carbocycles. The fraction of sp³-hybridized carbons (Fsp3) is 0.250. The van der Waals surface area contributed by atoms with Crippen LogP contribution in [0.2, 0.25) is 0 Å². The van der Waals surface area contributed by atoms with E-state index in [9.17, 15) is 5.11 Å². The van der Waals surface area contributed by atoms with Crippen LogP contribution in [0.25, 0.3) is 0 Å². The summed E-state index contributed by atoms with van der Waals surface area (Å²) in [5.74, 6) is 0.288. The minimum absolute atomic E-state index is 0.288. The summed E-state index contributed by atoms with van der Waals surface area (Å²) in [6.45, 7) is 1.90. The topological polar surface area (TPSA) is 23.5 Å². The summed E-state index contributed by atoms with van der Waals surface area (Å²) in [5, 5.41) is 9.47. The molecule has 0 saturated heterocycles. The number of likely N-dealkylation sites (N-methyl/N-ethyl adjacent to an activating group) is 1. The second-order valence-electron chi connectivity index (χ2n) is 4.76. The summed E-state index contributed by atoms with van der Waals surface area (Å²) in [5.41, 5.74) is 2.56. The van der Waals surface area contributed by atoms with E-state index in [-0.39, 0.29) is 5.75 Å². The molecule has 2 nitrogen and oxygen atoms in total. The Kier molecular flexibility index (Phi) is 5.00. The van der Waals surface area contributed by atoms with Crippen LogP contribution in [0.15, 0.2) is 53.0 Å². The average molecular weight is 320 g/mol. The third-order valence-corrected chi connectivity index (χ3v) is 3.72. The van der Waals surface area contributed by atoms with E-state index < -0.39 is 0 Å². The van der Waals surface area contributed by atoms with Crippen LogP contribution < -0.4 is 0 Å². The molecule has 0 aromatic heterocycles. The zero-order valence-corrected chi connectivity index (χ0v) is 12.6. The fourth-order valence-electron chi connectivity index (χ4n) is 2.00. The summed E-state index contributed by atoms with van der Waals surface area (Å²) in [7, 11) is 2.11. The van der Waals surface area contributed by atoms with Crippen LogP contribution in [0.1, 0.15) is 11.1 Å². The van der Waals surface area contributed by atoms with Gasteiger partial charge in [0.1, 0.15) is 5.75 Å². The number of nitrogens with zero attached hydrogens (tertiary/aromatic N) is 1. The van der Waals surface area contributed by atoms with Gasteiger partial charge in [0.25, 0.3) is 0 Å². The highest BCUT2D eigenvalue weighted by Gasteiger charge is 2.03. The van der Waals surface area contributed by atoms with E-state index in [4.69, 9.17) is 0 Å². The van der Waals surface area contributed by atoms with Gasteiger partial charge in [-0.15, -0.1) is 0 Å². The third kappa shape index (κ3) is 4.37. The Hall–Kier alpha value is -1.32. The van der Waals surface area contributed by atoms with Crippen LogP contribution >= 0.6 is 15.9 Å². The normalized spacial score (nSPS) is 10.9. The number of halogens is 1. The molecule has 2 aromatic rings. The molecule has 0 bridgehead atoms. The smallest absolute Gasteiger partial charge is 0.129 e. The number of rotatable bonds is 5. The van der Waals surface area contributed by atoms with Crippen LogP contribution in [0, 0.1) is 0 Å². The molecule has 0 spiro atoms. The monoisotopic (exact) mass is 319 g/mol. The summed E-state index contributed by atoms with van der Waals surface area (Å²) < 4.78 is 0.751. The van der Waals surface area contributed by atoms with Gasteiger partial charge in [-0.3, -0.25) is 0 Å². The fourth-order valence-corrected chi connectivity index (χ4v) is 2.43. The zero-order chi connectivity index (χ0) is 13.7. The Balaban J connectivity index is 1.87. The molecule has 2 aromatic carbocycles. The quantitative estimate of drug-likeness (QED) is 0.905. The van der Waals surface area contributed by atoms with Crippen LogP contribution in [0.4, 0.5) is 0 Å². The van der Waals surface area contributed by atoms with Crippen molar-refractivity contribution < 1.29 is 5.11 Å². The lowest BCUT2D eigenvalue weighted by molar-refractivity contribution is 0.331.